The van der Waals surface area contributed by atoms with E-state index in [1.165, 1.54) is 19.3 Å². The molecule has 0 aromatic heterocycles. The average Bonchev–Trinajstić information content (AvgIpc) is 2.33. The van der Waals surface area contributed by atoms with Gasteiger partial charge in [0.1, 0.15) is 5.84 Å². The molecule has 0 atom stereocenters. The molecule has 0 saturated carbocycles. The summed E-state index contributed by atoms with van der Waals surface area (Å²) in [5.41, 5.74) is 0. The van der Waals surface area contributed by atoms with Gasteiger partial charge in [-0.3, -0.25) is 0 Å². The summed E-state index contributed by atoms with van der Waals surface area (Å²) in [5.74, 6) is 1.08. The molecular weight excluding hydrogens is 148 g/mol. The van der Waals surface area contributed by atoms with Crippen molar-refractivity contribution in [1.29, 1.82) is 0 Å². The van der Waals surface area contributed by atoms with Crippen LogP contribution in [0.3, 0.4) is 0 Å². The number of aliphatic imine (C=N–C) groups is 1. The monoisotopic (exact) mass is 164 g/mol. The highest BCUT2D eigenvalue weighted by Crippen LogP contribution is 2.01. The van der Waals surface area contributed by atoms with Crippen LogP contribution < -0.4 is 5.32 Å². The fraction of sp³-hybridized carbons (Fsp3) is 0.500. The Morgan fingerprint density at radius 1 is 1.33 bits per heavy atom. The molecular formula is C10H16N2. The zero-order valence-electron chi connectivity index (χ0n) is 7.59. The van der Waals surface area contributed by atoms with Crippen molar-refractivity contribution in [2.45, 2.75) is 32.6 Å². The van der Waals surface area contributed by atoms with Crippen molar-refractivity contribution in [2.24, 2.45) is 4.99 Å². The molecule has 12 heavy (non-hydrogen) atoms. The Morgan fingerprint density at radius 3 is 3.08 bits per heavy atom. The number of hydrogen-bond donors (Lipinski definition) is 1. The van der Waals surface area contributed by atoms with Crippen LogP contribution in [-0.2, 0) is 0 Å². The van der Waals surface area contributed by atoms with Crippen LogP contribution in [0.15, 0.2) is 29.5 Å². The molecule has 1 heterocycles. The molecule has 0 unspecified atom stereocenters. The molecule has 1 aliphatic heterocycles. The largest absolute Gasteiger partial charge is 0.350 e. The molecule has 0 radical (unpaired) electrons. The molecule has 1 rings (SSSR count). The van der Waals surface area contributed by atoms with Crippen molar-refractivity contribution in [2.75, 3.05) is 0 Å². The fourth-order valence-electron chi connectivity index (χ4n) is 1.10. The molecule has 1 aliphatic rings. The second-order valence-corrected chi connectivity index (χ2v) is 2.88. The van der Waals surface area contributed by atoms with Gasteiger partial charge in [0, 0.05) is 18.8 Å². The number of allylic oxidation sites excluding steroid dienone is 2. The van der Waals surface area contributed by atoms with E-state index in [0.717, 1.165) is 12.3 Å². The van der Waals surface area contributed by atoms with E-state index in [-0.39, 0.29) is 0 Å². The highest BCUT2D eigenvalue weighted by Gasteiger charge is 1.95. The fourth-order valence-corrected chi connectivity index (χ4v) is 1.10. The maximum Gasteiger partial charge on any atom is 0.105 e. The summed E-state index contributed by atoms with van der Waals surface area (Å²) >= 11 is 0. The molecule has 2 nitrogen and oxygen atoms in total. The normalized spacial score (nSPS) is 15.2. The van der Waals surface area contributed by atoms with Crippen LogP contribution in [0.25, 0.3) is 0 Å². The van der Waals surface area contributed by atoms with Gasteiger partial charge in [0.05, 0.1) is 0 Å². The third kappa shape index (κ3) is 3.37. The molecule has 66 valence electrons. The van der Waals surface area contributed by atoms with Crippen LogP contribution in [0.5, 0.6) is 0 Å². The molecule has 0 saturated heterocycles. The minimum absolute atomic E-state index is 1.06. The van der Waals surface area contributed by atoms with E-state index in [1.54, 1.807) is 0 Å². The molecule has 0 aromatic rings. The van der Waals surface area contributed by atoms with Crippen molar-refractivity contribution < 1.29 is 0 Å². The molecule has 0 aliphatic carbocycles. The van der Waals surface area contributed by atoms with Crippen molar-refractivity contribution in [3.8, 4) is 0 Å². The van der Waals surface area contributed by atoms with Crippen molar-refractivity contribution in [3.05, 3.63) is 24.6 Å². The molecule has 0 amide bonds. The lowest BCUT2D eigenvalue weighted by Crippen LogP contribution is -2.15. The summed E-state index contributed by atoms with van der Waals surface area (Å²) in [4.78, 5) is 4.26. The molecule has 0 bridgehead atoms. The summed E-state index contributed by atoms with van der Waals surface area (Å²) in [6.07, 6.45) is 12.5. The van der Waals surface area contributed by atoms with Crippen LogP contribution in [0.2, 0.25) is 0 Å². The first kappa shape index (κ1) is 9.04. The Balaban J connectivity index is 2.26. The predicted molar refractivity (Wildman–Crippen MR) is 53.0 cm³/mol. The summed E-state index contributed by atoms with van der Waals surface area (Å²) < 4.78 is 0. The van der Waals surface area contributed by atoms with E-state index in [9.17, 15) is 0 Å². The van der Waals surface area contributed by atoms with Gasteiger partial charge in [-0.25, -0.2) is 4.99 Å². The van der Waals surface area contributed by atoms with Gasteiger partial charge in [-0.1, -0.05) is 19.8 Å². The zero-order valence-corrected chi connectivity index (χ0v) is 7.59. The SMILES string of the molecule is CCCCCC1=NC=CC=CN1. The Labute approximate surface area is 74.1 Å². The van der Waals surface area contributed by atoms with Gasteiger partial charge < -0.3 is 5.32 Å². The van der Waals surface area contributed by atoms with Crippen LogP contribution in [0.1, 0.15) is 32.6 Å². The molecule has 0 aromatic carbocycles. The standard InChI is InChI=1S/C10H16N2/c1-2-3-4-7-10-11-8-5-6-9-12-10/h5-6,8-9H,2-4,7H2,1H3,(H,11,12). The number of amidine groups is 1. The van der Waals surface area contributed by atoms with E-state index >= 15 is 0 Å². The molecule has 0 fully saturated rings. The average molecular weight is 164 g/mol. The number of nitrogens with zero attached hydrogens (tertiary/aromatic N) is 1. The molecule has 1 N–H and O–H groups in total. The lowest BCUT2D eigenvalue weighted by molar-refractivity contribution is 0.736. The quantitative estimate of drug-likeness (QED) is 0.634. The van der Waals surface area contributed by atoms with Gasteiger partial charge in [0.15, 0.2) is 0 Å². The number of rotatable bonds is 4. The van der Waals surface area contributed by atoms with Crippen LogP contribution in [-0.4, -0.2) is 5.84 Å². The van der Waals surface area contributed by atoms with Gasteiger partial charge in [0.25, 0.3) is 0 Å². The maximum absolute atomic E-state index is 4.26. The number of unbranched alkanes of at least 4 members (excludes halogenated alkanes) is 2. The van der Waals surface area contributed by atoms with Gasteiger partial charge in [0.2, 0.25) is 0 Å². The second kappa shape index (κ2) is 5.58. The van der Waals surface area contributed by atoms with Gasteiger partial charge in [-0.15, -0.1) is 0 Å². The van der Waals surface area contributed by atoms with E-state index in [2.05, 4.69) is 17.2 Å². The van der Waals surface area contributed by atoms with E-state index < -0.39 is 0 Å². The van der Waals surface area contributed by atoms with Crippen LogP contribution in [0.4, 0.5) is 0 Å². The van der Waals surface area contributed by atoms with E-state index in [0.29, 0.717) is 0 Å². The van der Waals surface area contributed by atoms with E-state index in [4.69, 9.17) is 0 Å². The number of nitrogens with one attached hydrogen (secondary N) is 1. The lowest BCUT2D eigenvalue weighted by Gasteiger charge is -2.02. The molecule has 2 heteroatoms. The van der Waals surface area contributed by atoms with Gasteiger partial charge >= 0.3 is 0 Å². The smallest absolute Gasteiger partial charge is 0.105 e. The summed E-state index contributed by atoms with van der Waals surface area (Å²) in [5, 5.41) is 3.15. The highest BCUT2D eigenvalue weighted by atomic mass is 15.0. The topological polar surface area (TPSA) is 24.4 Å². The lowest BCUT2D eigenvalue weighted by atomic mass is 10.2. The van der Waals surface area contributed by atoms with Crippen LogP contribution in [0, 0.1) is 0 Å². The summed E-state index contributed by atoms with van der Waals surface area (Å²) in [6, 6.07) is 0. The zero-order chi connectivity index (χ0) is 8.65. The first-order valence-electron chi connectivity index (χ1n) is 4.58. The molecule has 0 spiro atoms. The number of hydrogen-bond acceptors (Lipinski definition) is 2. The third-order valence-electron chi connectivity index (χ3n) is 1.79. The first-order valence-corrected chi connectivity index (χ1v) is 4.58. The van der Waals surface area contributed by atoms with Gasteiger partial charge in [-0.05, 0) is 18.6 Å². The highest BCUT2D eigenvalue weighted by molar-refractivity contribution is 5.83. The minimum Gasteiger partial charge on any atom is -0.350 e. The van der Waals surface area contributed by atoms with E-state index in [1.807, 2.05) is 24.6 Å². The maximum atomic E-state index is 4.26. The van der Waals surface area contributed by atoms with Crippen LogP contribution >= 0.6 is 0 Å². The van der Waals surface area contributed by atoms with Crippen molar-refractivity contribution in [3.63, 3.8) is 0 Å². The Hall–Kier alpha value is -1.05. The van der Waals surface area contributed by atoms with Gasteiger partial charge in [-0.2, -0.15) is 0 Å². The first-order chi connectivity index (χ1) is 5.93. The third-order valence-corrected chi connectivity index (χ3v) is 1.79. The Morgan fingerprint density at radius 2 is 2.25 bits per heavy atom. The summed E-state index contributed by atoms with van der Waals surface area (Å²) in [7, 11) is 0. The summed E-state index contributed by atoms with van der Waals surface area (Å²) in [6.45, 7) is 2.21. The predicted octanol–water partition coefficient (Wildman–Crippen LogP) is 2.60. The Kier molecular flexibility index (Phi) is 4.21. The minimum atomic E-state index is 1.06. The van der Waals surface area contributed by atoms with Crippen molar-refractivity contribution >= 4 is 5.84 Å². The Bertz CT molecular complexity index is 202. The van der Waals surface area contributed by atoms with Crippen molar-refractivity contribution in [1.82, 2.24) is 5.32 Å². The second-order valence-electron chi connectivity index (χ2n) is 2.88.